The second kappa shape index (κ2) is 10.7. The number of amides is 1. The molecule has 0 saturated carbocycles. The predicted octanol–water partition coefficient (Wildman–Crippen LogP) is 3.93. The molecule has 2 heterocycles. The smallest absolute Gasteiger partial charge is 0.243 e. The Kier molecular flexibility index (Phi) is 7.70. The van der Waals surface area contributed by atoms with Gasteiger partial charge < -0.3 is 9.88 Å². The van der Waals surface area contributed by atoms with Crippen LogP contribution in [0, 0.1) is 6.92 Å². The summed E-state index contributed by atoms with van der Waals surface area (Å²) in [6, 6.07) is 16.4. The van der Waals surface area contributed by atoms with Gasteiger partial charge in [0.05, 0.1) is 16.7 Å². The molecule has 3 aromatic rings. The van der Waals surface area contributed by atoms with Crippen LogP contribution in [0.4, 0.5) is 5.69 Å². The lowest BCUT2D eigenvalue weighted by molar-refractivity contribution is -0.115. The second-order valence-corrected chi connectivity index (χ2v) is 11.6. The topological polar surface area (TPSA) is 97.2 Å². The molecular weight excluding hydrogens is 470 g/mol. The first-order chi connectivity index (χ1) is 16.3. The third-order valence-corrected chi connectivity index (χ3v) is 8.80. The Labute approximate surface area is 204 Å². The van der Waals surface area contributed by atoms with Crippen molar-refractivity contribution in [3.8, 4) is 0 Å². The number of carbonyl (C=O) groups excluding carboxylic acids is 1. The molecular formula is C24H29N5O3S2. The highest BCUT2D eigenvalue weighted by atomic mass is 32.2. The number of hydrogen-bond donors (Lipinski definition) is 1. The number of benzene rings is 2. The minimum absolute atomic E-state index is 0.191. The van der Waals surface area contributed by atoms with Gasteiger partial charge in [-0.3, -0.25) is 4.79 Å². The number of thioether (sulfide) groups is 1. The number of sulfonamides is 1. The fourth-order valence-electron chi connectivity index (χ4n) is 3.82. The Balaban J connectivity index is 1.39. The van der Waals surface area contributed by atoms with Crippen LogP contribution in [-0.2, 0) is 21.4 Å². The standard InChI is InChI=1S/C24H29N5O3S2/c1-18(33-24-27-26-19(2)29(24)17-20-9-5-3-6-10-20)23(30)25-21-11-13-22(14-12-21)34(31,32)28-15-7-4-8-16-28/h3,5-6,9-14,18H,4,7-8,15-17H2,1-2H3,(H,25,30)/t18-/m0/s1. The Morgan fingerprint density at radius 2 is 1.71 bits per heavy atom. The summed E-state index contributed by atoms with van der Waals surface area (Å²) in [6.45, 7) is 5.45. The molecule has 1 aliphatic heterocycles. The Bertz CT molecular complexity index is 1220. The van der Waals surface area contributed by atoms with Gasteiger partial charge >= 0.3 is 0 Å². The van der Waals surface area contributed by atoms with Crippen molar-refractivity contribution in [1.82, 2.24) is 19.1 Å². The minimum atomic E-state index is -3.49. The number of aryl methyl sites for hydroxylation is 1. The van der Waals surface area contributed by atoms with E-state index in [1.807, 2.05) is 48.7 Å². The second-order valence-electron chi connectivity index (χ2n) is 8.34. The molecule has 1 aromatic heterocycles. The van der Waals surface area contributed by atoms with Crippen LogP contribution < -0.4 is 5.32 Å². The summed E-state index contributed by atoms with van der Waals surface area (Å²) in [5.41, 5.74) is 1.68. The van der Waals surface area contributed by atoms with Crippen molar-refractivity contribution >= 4 is 33.4 Å². The first-order valence-corrected chi connectivity index (χ1v) is 13.7. The summed E-state index contributed by atoms with van der Waals surface area (Å²) in [7, 11) is -3.49. The first kappa shape index (κ1) is 24.4. The van der Waals surface area contributed by atoms with Crippen LogP contribution in [0.25, 0.3) is 0 Å². The van der Waals surface area contributed by atoms with E-state index in [0.717, 1.165) is 30.7 Å². The third kappa shape index (κ3) is 5.68. The number of nitrogens with zero attached hydrogens (tertiary/aromatic N) is 4. The van der Waals surface area contributed by atoms with Gasteiger partial charge in [0.15, 0.2) is 5.16 Å². The average molecular weight is 500 g/mol. The van der Waals surface area contributed by atoms with E-state index < -0.39 is 15.3 Å². The largest absolute Gasteiger partial charge is 0.325 e. The molecule has 0 unspecified atom stereocenters. The first-order valence-electron chi connectivity index (χ1n) is 11.4. The Hall–Kier alpha value is -2.69. The maximum absolute atomic E-state index is 12.8. The summed E-state index contributed by atoms with van der Waals surface area (Å²) >= 11 is 1.34. The van der Waals surface area contributed by atoms with E-state index in [1.165, 1.54) is 16.1 Å². The molecule has 0 bridgehead atoms. The summed E-state index contributed by atoms with van der Waals surface area (Å²) in [6.07, 6.45) is 2.85. The van der Waals surface area contributed by atoms with Gasteiger partial charge in [-0.15, -0.1) is 10.2 Å². The molecule has 8 nitrogen and oxygen atoms in total. The van der Waals surface area contributed by atoms with Gasteiger partial charge in [-0.05, 0) is 56.5 Å². The molecule has 0 aliphatic carbocycles. The van der Waals surface area contributed by atoms with Gasteiger partial charge in [0, 0.05) is 18.8 Å². The van der Waals surface area contributed by atoms with Crippen molar-refractivity contribution in [3.05, 3.63) is 66.0 Å². The van der Waals surface area contributed by atoms with Crippen LogP contribution >= 0.6 is 11.8 Å². The number of piperidine rings is 1. The lowest BCUT2D eigenvalue weighted by atomic mass is 10.2. The maximum Gasteiger partial charge on any atom is 0.243 e. The molecule has 1 saturated heterocycles. The van der Waals surface area contributed by atoms with Crippen molar-refractivity contribution in [2.24, 2.45) is 0 Å². The van der Waals surface area contributed by atoms with Gasteiger partial charge in [-0.2, -0.15) is 4.31 Å². The molecule has 1 N–H and O–H groups in total. The molecule has 0 spiro atoms. The molecule has 2 aromatic carbocycles. The van der Waals surface area contributed by atoms with E-state index >= 15 is 0 Å². The fourth-order valence-corrected chi connectivity index (χ4v) is 6.23. The number of anilines is 1. The van der Waals surface area contributed by atoms with E-state index in [2.05, 4.69) is 15.5 Å². The Morgan fingerprint density at radius 3 is 2.38 bits per heavy atom. The van der Waals surface area contributed by atoms with Crippen molar-refractivity contribution in [3.63, 3.8) is 0 Å². The number of nitrogens with one attached hydrogen (secondary N) is 1. The Morgan fingerprint density at radius 1 is 1.03 bits per heavy atom. The minimum Gasteiger partial charge on any atom is -0.325 e. The third-order valence-electron chi connectivity index (χ3n) is 5.81. The number of aromatic nitrogens is 3. The van der Waals surface area contributed by atoms with Crippen LogP contribution in [0.5, 0.6) is 0 Å². The zero-order valence-corrected chi connectivity index (χ0v) is 21.0. The van der Waals surface area contributed by atoms with E-state index in [1.54, 1.807) is 24.3 Å². The molecule has 34 heavy (non-hydrogen) atoms. The molecule has 4 rings (SSSR count). The van der Waals surface area contributed by atoms with E-state index in [0.29, 0.717) is 30.5 Å². The van der Waals surface area contributed by atoms with Crippen LogP contribution in [0.3, 0.4) is 0 Å². The molecule has 1 fully saturated rings. The SMILES string of the molecule is Cc1nnc(S[C@@H](C)C(=O)Nc2ccc(S(=O)(=O)N3CCCCC3)cc2)n1Cc1ccccc1. The number of carbonyl (C=O) groups is 1. The van der Waals surface area contributed by atoms with Gasteiger partial charge in [0.1, 0.15) is 5.82 Å². The van der Waals surface area contributed by atoms with Crippen LogP contribution in [0.15, 0.2) is 64.6 Å². The predicted molar refractivity (Wildman–Crippen MR) is 133 cm³/mol. The molecule has 0 radical (unpaired) electrons. The van der Waals surface area contributed by atoms with Crippen LogP contribution in [0.1, 0.15) is 37.6 Å². The van der Waals surface area contributed by atoms with Crippen LogP contribution in [0.2, 0.25) is 0 Å². The van der Waals surface area contributed by atoms with Crippen molar-refractivity contribution in [1.29, 1.82) is 0 Å². The highest BCUT2D eigenvalue weighted by Gasteiger charge is 2.26. The molecule has 10 heteroatoms. The van der Waals surface area contributed by atoms with E-state index in [4.69, 9.17) is 0 Å². The van der Waals surface area contributed by atoms with E-state index in [9.17, 15) is 13.2 Å². The maximum atomic E-state index is 12.8. The number of hydrogen-bond acceptors (Lipinski definition) is 6. The van der Waals surface area contributed by atoms with Gasteiger partial charge in [-0.25, -0.2) is 8.42 Å². The summed E-state index contributed by atoms with van der Waals surface area (Å²) in [5.74, 6) is 0.591. The zero-order valence-electron chi connectivity index (χ0n) is 19.3. The van der Waals surface area contributed by atoms with Crippen molar-refractivity contribution in [2.75, 3.05) is 18.4 Å². The van der Waals surface area contributed by atoms with Gasteiger partial charge in [-0.1, -0.05) is 48.5 Å². The van der Waals surface area contributed by atoms with Gasteiger partial charge in [0.25, 0.3) is 0 Å². The lowest BCUT2D eigenvalue weighted by Crippen LogP contribution is -2.35. The molecule has 1 aliphatic rings. The highest BCUT2D eigenvalue weighted by molar-refractivity contribution is 8.00. The quantitative estimate of drug-likeness (QED) is 0.472. The zero-order chi connectivity index (χ0) is 24.1. The monoisotopic (exact) mass is 499 g/mol. The van der Waals surface area contributed by atoms with Crippen molar-refractivity contribution < 1.29 is 13.2 Å². The van der Waals surface area contributed by atoms with Gasteiger partial charge in [0.2, 0.25) is 15.9 Å². The summed E-state index contributed by atoms with van der Waals surface area (Å²) < 4.78 is 29.2. The summed E-state index contributed by atoms with van der Waals surface area (Å²) in [4.78, 5) is 13.1. The fraction of sp³-hybridized carbons (Fsp3) is 0.375. The molecule has 180 valence electrons. The normalized spacial score (nSPS) is 15.7. The molecule has 1 atom stereocenters. The van der Waals surface area contributed by atoms with Crippen LogP contribution in [-0.4, -0.2) is 51.7 Å². The molecule has 1 amide bonds. The highest BCUT2D eigenvalue weighted by Crippen LogP contribution is 2.25. The van der Waals surface area contributed by atoms with E-state index in [-0.39, 0.29) is 10.8 Å². The number of rotatable bonds is 8. The lowest BCUT2D eigenvalue weighted by Gasteiger charge is -2.25. The van der Waals surface area contributed by atoms with Crippen molar-refractivity contribution in [2.45, 2.75) is 55.0 Å². The summed E-state index contributed by atoms with van der Waals surface area (Å²) in [5, 5.41) is 11.6. The average Bonchev–Trinajstić information content (AvgIpc) is 3.19.